The Morgan fingerprint density at radius 1 is 1.36 bits per heavy atom. The number of halogens is 2. The molecule has 0 bridgehead atoms. The second-order valence-electron chi connectivity index (χ2n) is 1.90. The van der Waals surface area contributed by atoms with Gasteiger partial charge in [0.2, 0.25) is 0 Å². The number of pyridine rings is 1. The number of hydrogen-bond acceptors (Lipinski definition) is 2. The predicted octanol–water partition coefficient (Wildman–Crippen LogP) is 2.03. The van der Waals surface area contributed by atoms with Crippen molar-refractivity contribution in [1.82, 2.24) is 15.0 Å². The molecule has 0 saturated carbocycles. The Hall–Kier alpha value is -0.800. The van der Waals surface area contributed by atoms with Gasteiger partial charge in [-0.2, -0.15) is 0 Å². The first-order chi connectivity index (χ1) is 4.88. The number of H-pyrrole nitrogens is 1. The molecule has 1 N–H and O–H groups in total. The van der Waals surface area contributed by atoms with Crippen LogP contribution in [0.4, 0.5) is 0 Å². The lowest BCUT2D eigenvalue weighted by Crippen LogP contribution is -1.74. The molecule has 0 atom stereocenters. The Balaban J connectivity index is 0.000000605. The molecule has 11 heavy (non-hydrogen) atoms. The average molecular weight is 190 g/mol. The monoisotopic (exact) mass is 189 g/mol. The zero-order valence-corrected chi connectivity index (χ0v) is 6.99. The van der Waals surface area contributed by atoms with Crippen molar-refractivity contribution in [1.29, 1.82) is 0 Å². The van der Waals surface area contributed by atoms with Crippen molar-refractivity contribution >= 4 is 35.0 Å². The third-order valence-electron chi connectivity index (χ3n) is 1.29. The molecule has 0 aliphatic carbocycles. The summed E-state index contributed by atoms with van der Waals surface area (Å²) in [6, 6.07) is 1.83. The van der Waals surface area contributed by atoms with Gasteiger partial charge in [0, 0.05) is 6.20 Å². The topological polar surface area (TPSA) is 41.6 Å². The van der Waals surface area contributed by atoms with E-state index < -0.39 is 0 Å². The van der Waals surface area contributed by atoms with Gasteiger partial charge in [-0.15, -0.1) is 12.4 Å². The molecular formula is C6H5Cl2N3. The first kappa shape index (κ1) is 8.30. The van der Waals surface area contributed by atoms with E-state index >= 15 is 0 Å². The highest BCUT2D eigenvalue weighted by Gasteiger charge is 1.99. The molecule has 0 radical (unpaired) electrons. The largest absolute Gasteiger partial charge is 0.344 e. The molecule has 2 aromatic heterocycles. The number of nitrogens with zero attached hydrogens (tertiary/aromatic N) is 2. The van der Waals surface area contributed by atoms with Crippen LogP contribution in [0.5, 0.6) is 0 Å². The third kappa shape index (κ3) is 1.29. The number of aromatic nitrogens is 3. The Bertz CT molecular complexity index is 357. The van der Waals surface area contributed by atoms with E-state index in [0.717, 1.165) is 11.0 Å². The van der Waals surface area contributed by atoms with Crippen LogP contribution < -0.4 is 0 Å². The van der Waals surface area contributed by atoms with E-state index in [4.69, 9.17) is 11.6 Å². The lowest BCUT2D eigenvalue weighted by molar-refractivity contribution is 1.33. The predicted molar refractivity (Wildman–Crippen MR) is 46.1 cm³/mol. The fourth-order valence-electron chi connectivity index (χ4n) is 0.834. The first-order valence-corrected chi connectivity index (χ1v) is 3.19. The van der Waals surface area contributed by atoms with E-state index in [1.54, 1.807) is 12.5 Å². The number of aromatic amines is 1. The number of rotatable bonds is 0. The lowest BCUT2D eigenvalue weighted by atomic mass is 10.4. The zero-order chi connectivity index (χ0) is 6.97. The van der Waals surface area contributed by atoms with Gasteiger partial charge >= 0.3 is 0 Å². The minimum atomic E-state index is 0. The summed E-state index contributed by atoms with van der Waals surface area (Å²) in [6.07, 6.45) is 3.24. The summed E-state index contributed by atoms with van der Waals surface area (Å²) in [6.45, 7) is 0. The van der Waals surface area contributed by atoms with Gasteiger partial charge in [0.1, 0.15) is 5.52 Å². The molecule has 3 nitrogen and oxygen atoms in total. The molecule has 5 heteroatoms. The minimum absolute atomic E-state index is 0. The second kappa shape index (κ2) is 3.07. The Kier molecular flexibility index (Phi) is 2.31. The lowest BCUT2D eigenvalue weighted by Gasteiger charge is -1.87. The van der Waals surface area contributed by atoms with Crippen molar-refractivity contribution in [2.24, 2.45) is 0 Å². The highest BCUT2D eigenvalue weighted by atomic mass is 35.5. The summed E-state index contributed by atoms with van der Waals surface area (Å²) >= 11 is 5.70. The molecule has 2 rings (SSSR count). The molecule has 58 valence electrons. The summed E-state index contributed by atoms with van der Waals surface area (Å²) in [5, 5.41) is 0.443. The SMILES string of the molecule is Cl.Clc1nccc2[nH]cnc12. The van der Waals surface area contributed by atoms with E-state index in [1.165, 1.54) is 0 Å². The number of fused-ring (bicyclic) bond motifs is 1. The van der Waals surface area contributed by atoms with Crippen molar-refractivity contribution in [3.05, 3.63) is 23.7 Å². The Morgan fingerprint density at radius 3 is 2.91 bits per heavy atom. The van der Waals surface area contributed by atoms with Gasteiger partial charge in [-0.05, 0) is 6.07 Å². The fourth-order valence-corrected chi connectivity index (χ4v) is 1.04. The van der Waals surface area contributed by atoms with E-state index in [1.807, 2.05) is 6.07 Å². The molecule has 0 amide bonds. The van der Waals surface area contributed by atoms with E-state index in [9.17, 15) is 0 Å². The number of nitrogens with one attached hydrogen (secondary N) is 1. The molecule has 0 aromatic carbocycles. The summed E-state index contributed by atoms with van der Waals surface area (Å²) in [5.74, 6) is 0. The van der Waals surface area contributed by atoms with Crippen LogP contribution in [0.3, 0.4) is 0 Å². The van der Waals surface area contributed by atoms with Crippen LogP contribution >= 0.6 is 24.0 Å². The van der Waals surface area contributed by atoms with Crippen LogP contribution in [0.25, 0.3) is 11.0 Å². The second-order valence-corrected chi connectivity index (χ2v) is 2.26. The van der Waals surface area contributed by atoms with Gasteiger partial charge in [-0.1, -0.05) is 11.6 Å². The van der Waals surface area contributed by atoms with Crippen molar-refractivity contribution in [3.63, 3.8) is 0 Å². The highest BCUT2D eigenvalue weighted by Crippen LogP contribution is 2.15. The Morgan fingerprint density at radius 2 is 2.18 bits per heavy atom. The maximum absolute atomic E-state index is 5.70. The van der Waals surface area contributed by atoms with Gasteiger partial charge < -0.3 is 4.98 Å². The van der Waals surface area contributed by atoms with Gasteiger partial charge in [0.25, 0.3) is 0 Å². The van der Waals surface area contributed by atoms with Gasteiger partial charge in [0.05, 0.1) is 11.8 Å². The van der Waals surface area contributed by atoms with Crippen molar-refractivity contribution in [2.45, 2.75) is 0 Å². The standard InChI is InChI=1S/C6H4ClN3.ClH/c7-6-5-4(1-2-8-6)9-3-10-5;/h1-3H,(H,9,10);1H. The molecule has 0 fully saturated rings. The molecule has 0 saturated heterocycles. The van der Waals surface area contributed by atoms with E-state index in [-0.39, 0.29) is 12.4 Å². The molecule has 2 heterocycles. The van der Waals surface area contributed by atoms with Gasteiger partial charge in [-0.25, -0.2) is 9.97 Å². The summed E-state index contributed by atoms with van der Waals surface area (Å²) in [5.41, 5.74) is 1.64. The van der Waals surface area contributed by atoms with Crippen LogP contribution in [-0.4, -0.2) is 15.0 Å². The highest BCUT2D eigenvalue weighted by molar-refractivity contribution is 6.33. The fraction of sp³-hybridized carbons (Fsp3) is 0. The molecule has 2 aromatic rings. The van der Waals surface area contributed by atoms with Crippen LogP contribution in [0.2, 0.25) is 5.15 Å². The van der Waals surface area contributed by atoms with Crippen LogP contribution in [0.1, 0.15) is 0 Å². The van der Waals surface area contributed by atoms with Crippen molar-refractivity contribution in [2.75, 3.05) is 0 Å². The van der Waals surface area contributed by atoms with Crippen LogP contribution in [-0.2, 0) is 0 Å². The first-order valence-electron chi connectivity index (χ1n) is 2.81. The third-order valence-corrected chi connectivity index (χ3v) is 1.57. The minimum Gasteiger partial charge on any atom is -0.344 e. The van der Waals surface area contributed by atoms with Crippen LogP contribution in [0, 0.1) is 0 Å². The summed E-state index contributed by atoms with van der Waals surface area (Å²) in [4.78, 5) is 10.8. The van der Waals surface area contributed by atoms with E-state index in [0.29, 0.717) is 5.15 Å². The molecule has 0 spiro atoms. The van der Waals surface area contributed by atoms with E-state index in [2.05, 4.69) is 15.0 Å². The summed E-state index contributed by atoms with van der Waals surface area (Å²) < 4.78 is 0. The number of imidazole rings is 1. The maximum Gasteiger partial charge on any atom is 0.156 e. The molecule has 0 unspecified atom stereocenters. The maximum atomic E-state index is 5.70. The van der Waals surface area contributed by atoms with Crippen molar-refractivity contribution < 1.29 is 0 Å². The Labute approximate surface area is 74.2 Å². The molecule has 0 aliphatic rings. The van der Waals surface area contributed by atoms with Crippen LogP contribution in [0.15, 0.2) is 18.6 Å². The van der Waals surface area contributed by atoms with Gasteiger partial charge in [-0.3, -0.25) is 0 Å². The molecule has 0 aliphatic heterocycles. The zero-order valence-electron chi connectivity index (χ0n) is 5.41. The smallest absolute Gasteiger partial charge is 0.156 e. The summed E-state index contributed by atoms with van der Waals surface area (Å²) in [7, 11) is 0. The average Bonchev–Trinajstić information content (AvgIpc) is 2.36. The van der Waals surface area contributed by atoms with Crippen molar-refractivity contribution in [3.8, 4) is 0 Å². The quantitative estimate of drug-likeness (QED) is 0.645. The number of hydrogen-bond donors (Lipinski definition) is 1. The normalized spacial score (nSPS) is 9.55. The van der Waals surface area contributed by atoms with Gasteiger partial charge in [0.15, 0.2) is 5.15 Å². The molecular weight excluding hydrogens is 185 g/mol.